The minimum Gasteiger partial charge on any atom is -0.326 e. The number of hydrogen-bond donors (Lipinski definition) is 2. The molecule has 2 amide bonds. The predicted octanol–water partition coefficient (Wildman–Crippen LogP) is 3.73. The summed E-state index contributed by atoms with van der Waals surface area (Å²) in [4.78, 5) is 33.0. The number of fused-ring (bicyclic) bond motifs is 1. The van der Waals surface area contributed by atoms with Crippen LogP contribution < -0.4 is 10.6 Å². The molecule has 0 saturated carbocycles. The summed E-state index contributed by atoms with van der Waals surface area (Å²) >= 11 is 1.38. The summed E-state index contributed by atoms with van der Waals surface area (Å²) in [6.45, 7) is 0. The fourth-order valence-corrected chi connectivity index (χ4v) is 3.85. The Morgan fingerprint density at radius 1 is 1.26 bits per heavy atom. The van der Waals surface area contributed by atoms with Gasteiger partial charge in [-0.15, -0.1) is 11.3 Å². The van der Waals surface area contributed by atoms with Crippen molar-refractivity contribution in [3.8, 4) is 11.3 Å². The van der Waals surface area contributed by atoms with Gasteiger partial charge in [0.15, 0.2) is 5.13 Å². The summed E-state index contributed by atoms with van der Waals surface area (Å²) in [5.74, 6) is -0.337. The third-order valence-corrected chi connectivity index (χ3v) is 5.30. The molecule has 2 N–H and O–H groups in total. The first-order chi connectivity index (χ1) is 13.2. The van der Waals surface area contributed by atoms with E-state index in [2.05, 4.69) is 20.6 Å². The van der Waals surface area contributed by atoms with E-state index >= 15 is 0 Å². The molecule has 1 atom stereocenters. The highest BCUT2D eigenvalue weighted by Crippen LogP contribution is 2.28. The largest absolute Gasteiger partial charge is 0.326 e. The SMILES string of the molecule is O=C(CC[C@H]1Cc2ccccc2NC1=O)Nc1nc(-c2cccnc2)cs1. The highest BCUT2D eigenvalue weighted by Gasteiger charge is 2.26. The van der Waals surface area contributed by atoms with E-state index in [-0.39, 0.29) is 24.2 Å². The number of benzene rings is 1. The number of pyridine rings is 1. The molecule has 0 radical (unpaired) electrons. The molecule has 1 aliphatic rings. The topological polar surface area (TPSA) is 84.0 Å². The Bertz CT molecular complexity index is 971. The van der Waals surface area contributed by atoms with E-state index in [1.54, 1.807) is 12.4 Å². The van der Waals surface area contributed by atoms with Crippen LogP contribution in [-0.2, 0) is 16.0 Å². The number of anilines is 2. The first-order valence-electron chi connectivity index (χ1n) is 8.73. The summed E-state index contributed by atoms with van der Waals surface area (Å²) in [6.07, 6.45) is 4.89. The van der Waals surface area contributed by atoms with Crippen molar-refractivity contribution >= 4 is 34.0 Å². The van der Waals surface area contributed by atoms with Crippen molar-refractivity contribution in [1.82, 2.24) is 9.97 Å². The molecule has 27 heavy (non-hydrogen) atoms. The van der Waals surface area contributed by atoms with Gasteiger partial charge in [-0.05, 0) is 36.6 Å². The average molecular weight is 378 g/mol. The number of amides is 2. The maximum atomic E-state index is 12.3. The summed E-state index contributed by atoms with van der Waals surface area (Å²) in [7, 11) is 0. The molecule has 0 saturated heterocycles. The molecule has 0 spiro atoms. The standard InChI is InChI=1S/C20H18N4O2S/c25-18(24-20-23-17(12-27-20)15-5-3-9-21-11-15)8-7-14-10-13-4-1-2-6-16(13)22-19(14)26/h1-6,9,11-12,14H,7-8,10H2,(H,22,26)(H,23,24,25)/t14-/m0/s1. The molecule has 0 fully saturated rings. The van der Waals surface area contributed by atoms with Crippen LogP contribution in [0.15, 0.2) is 54.2 Å². The third-order valence-electron chi connectivity index (χ3n) is 4.54. The molecule has 0 bridgehead atoms. The smallest absolute Gasteiger partial charge is 0.227 e. The molecular formula is C20H18N4O2S. The second-order valence-corrected chi connectivity index (χ2v) is 7.27. The fraction of sp³-hybridized carbons (Fsp3) is 0.200. The van der Waals surface area contributed by atoms with E-state index in [0.29, 0.717) is 18.0 Å². The number of aromatic nitrogens is 2. The van der Waals surface area contributed by atoms with Crippen LogP contribution in [0.2, 0.25) is 0 Å². The Kier molecular flexibility index (Phi) is 4.93. The van der Waals surface area contributed by atoms with Crippen molar-refractivity contribution in [3.63, 3.8) is 0 Å². The summed E-state index contributed by atoms with van der Waals surface area (Å²) in [5.41, 5.74) is 3.68. The van der Waals surface area contributed by atoms with Gasteiger partial charge in [-0.25, -0.2) is 4.98 Å². The first-order valence-corrected chi connectivity index (χ1v) is 9.61. The van der Waals surface area contributed by atoms with Gasteiger partial charge in [0, 0.05) is 41.4 Å². The minimum atomic E-state index is -0.187. The number of para-hydroxylation sites is 1. The van der Waals surface area contributed by atoms with Crippen molar-refractivity contribution < 1.29 is 9.59 Å². The van der Waals surface area contributed by atoms with Gasteiger partial charge in [-0.3, -0.25) is 14.6 Å². The summed E-state index contributed by atoms with van der Waals surface area (Å²) in [5, 5.41) is 8.18. The highest BCUT2D eigenvalue weighted by molar-refractivity contribution is 7.14. The maximum Gasteiger partial charge on any atom is 0.227 e. The van der Waals surface area contributed by atoms with Gasteiger partial charge in [0.05, 0.1) is 5.69 Å². The zero-order valence-electron chi connectivity index (χ0n) is 14.5. The molecular weight excluding hydrogens is 360 g/mol. The molecule has 4 rings (SSSR count). The monoisotopic (exact) mass is 378 g/mol. The minimum absolute atomic E-state index is 0.0189. The summed E-state index contributed by atoms with van der Waals surface area (Å²) < 4.78 is 0. The van der Waals surface area contributed by atoms with Crippen molar-refractivity contribution in [2.75, 3.05) is 10.6 Å². The molecule has 0 aliphatic carbocycles. The Hall–Kier alpha value is -3.06. The molecule has 1 aliphatic heterocycles. The van der Waals surface area contributed by atoms with Gasteiger partial charge in [-0.1, -0.05) is 18.2 Å². The molecule has 1 aromatic carbocycles. The van der Waals surface area contributed by atoms with Crippen LogP contribution >= 0.6 is 11.3 Å². The second kappa shape index (κ2) is 7.67. The number of rotatable bonds is 5. The predicted molar refractivity (Wildman–Crippen MR) is 105 cm³/mol. The van der Waals surface area contributed by atoms with E-state index in [0.717, 1.165) is 22.5 Å². The molecule has 3 aromatic rings. The highest BCUT2D eigenvalue weighted by atomic mass is 32.1. The molecule has 6 nitrogen and oxygen atoms in total. The van der Waals surface area contributed by atoms with E-state index in [1.165, 1.54) is 11.3 Å². The zero-order chi connectivity index (χ0) is 18.6. The van der Waals surface area contributed by atoms with Crippen LogP contribution in [0.25, 0.3) is 11.3 Å². The molecule has 3 heterocycles. The Labute approximate surface area is 160 Å². The van der Waals surface area contributed by atoms with Gasteiger partial charge >= 0.3 is 0 Å². The zero-order valence-corrected chi connectivity index (χ0v) is 15.3. The Morgan fingerprint density at radius 2 is 2.15 bits per heavy atom. The quantitative estimate of drug-likeness (QED) is 0.708. The second-order valence-electron chi connectivity index (χ2n) is 6.41. The van der Waals surface area contributed by atoms with Gasteiger partial charge in [-0.2, -0.15) is 0 Å². The number of nitrogens with one attached hydrogen (secondary N) is 2. The van der Waals surface area contributed by atoms with Crippen molar-refractivity contribution in [2.45, 2.75) is 19.3 Å². The van der Waals surface area contributed by atoms with E-state index in [4.69, 9.17) is 0 Å². The van der Waals surface area contributed by atoms with Crippen LogP contribution in [0.1, 0.15) is 18.4 Å². The normalized spacial score (nSPS) is 15.7. The summed E-state index contributed by atoms with van der Waals surface area (Å²) in [6, 6.07) is 11.5. The maximum absolute atomic E-state index is 12.3. The fourth-order valence-electron chi connectivity index (χ4n) is 3.11. The van der Waals surface area contributed by atoms with E-state index < -0.39 is 0 Å². The van der Waals surface area contributed by atoms with Crippen molar-refractivity contribution in [3.05, 3.63) is 59.7 Å². The molecule has 0 unspecified atom stereocenters. The lowest BCUT2D eigenvalue weighted by molar-refractivity contribution is -0.121. The number of hydrogen-bond acceptors (Lipinski definition) is 5. The van der Waals surface area contributed by atoms with Crippen LogP contribution in [0.5, 0.6) is 0 Å². The van der Waals surface area contributed by atoms with Crippen LogP contribution in [0.3, 0.4) is 0 Å². The average Bonchev–Trinajstić information content (AvgIpc) is 3.15. The molecule has 2 aromatic heterocycles. The van der Waals surface area contributed by atoms with Crippen LogP contribution in [0.4, 0.5) is 10.8 Å². The van der Waals surface area contributed by atoms with Gasteiger partial charge in [0.25, 0.3) is 0 Å². The van der Waals surface area contributed by atoms with Crippen molar-refractivity contribution in [2.24, 2.45) is 5.92 Å². The van der Waals surface area contributed by atoms with Gasteiger partial charge < -0.3 is 10.6 Å². The number of thiazole rings is 1. The number of carbonyl (C=O) groups is 2. The van der Waals surface area contributed by atoms with Crippen molar-refractivity contribution in [1.29, 1.82) is 0 Å². The van der Waals surface area contributed by atoms with Gasteiger partial charge in [0.1, 0.15) is 0 Å². The van der Waals surface area contributed by atoms with E-state index in [1.807, 2.05) is 41.8 Å². The van der Waals surface area contributed by atoms with E-state index in [9.17, 15) is 9.59 Å². The van der Waals surface area contributed by atoms with Crippen LogP contribution in [0, 0.1) is 5.92 Å². The lowest BCUT2D eigenvalue weighted by Crippen LogP contribution is -2.30. The molecule has 7 heteroatoms. The third kappa shape index (κ3) is 4.03. The van der Waals surface area contributed by atoms with Crippen LogP contribution in [-0.4, -0.2) is 21.8 Å². The first kappa shape index (κ1) is 17.4. The van der Waals surface area contributed by atoms with Gasteiger partial charge in [0.2, 0.25) is 11.8 Å². The Morgan fingerprint density at radius 3 is 3.00 bits per heavy atom. The number of carbonyl (C=O) groups excluding carboxylic acids is 2. The number of nitrogens with zero attached hydrogens (tertiary/aromatic N) is 2. The Balaban J connectivity index is 1.33. The lowest BCUT2D eigenvalue weighted by atomic mass is 9.89. The molecule has 136 valence electrons. The lowest BCUT2D eigenvalue weighted by Gasteiger charge is -2.24.